The van der Waals surface area contributed by atoms with Crippen LogP contribution in [0.15, 0.2) is 74.7 Å². The Labute approximate surface area is 266 Å². The van der Waals surface area contributed by atoms with Crippen molar-refractivity contribution in [1.82, 2.24) is 25.0 Å². The molecule has 2 aliphatic rings. The summed E-state index contributed by atoms with van der Waals surface area (Å²) in [6.45, 7) is 4.51. The van der Waals surface area contributed by atoms with Gasteiger partial charge in [0.2, 0.25) is 11.6 Å². The highest BCUT2D eigenvalue weighted by molar-refractivity contribution is 9.10. The molecule has 0 unspecified atom stereocenters. The van der Waals surface area contributed by atoms with Gasteiger partial charge in [0.05, 0.1) is 23.9 Å². The van der Waals surface area contributed by atoms with E-state index >= 15 is 0 Å². The van der Waals surface area contributed by atoms with Gasteiger partial charge in [-0.15, -0.1) is 0 Å². The Morgan fingerprint density at radius 3 is 2.29 bits per heavy atom. The van der Waals surface area contributed by atoms with Crippen molar-refractivity contribution in [2.75, 3.05) is 31.8 Å². The lowest BCUT2D eigenvalue weighted by Gasteiger charge is -2.43. The minimum absolute atomic E-state index is 0.0826. The number of H-pyrrole nitrogens is 1. The van der Waals surface area contributed by atoms with E-state index in [0.717, 1.165) is 14.8 Å². The minimum atomic E-state index is -0.871. The Balaban J connectivity index is 1.24. The minimum Gasteiger partial charge on any atom is -0.496 e. The third kappa shape index (κ3) is 5.48. The molecule has 2 fully saturated rings. The van der Waals surface area contributed by atoms with Gasteiger partial charge >= 0.3 is 5.69 Å². The normalized spacial score (nSPS) is 15.7. The second-order valence-electron chi connectivity index (χ2n) is 11.1. The number of carbonyl (C=O) groups excluding carboxylic acids is 2. The molecule has 0 aliphatic carbocycles. The highest BCUT2D eigenvalue weighted by Crippen LogP contribution is 2.37. The summed E-state index contributed by atoms with van der Waals surface area (Å²) in [5.41, 5.74) is -0.140. The molecule has 0 saturated carbocycles. The number of aromatic nitrogens is 3. The van der Waals surface area contributed by atoms with Gasteiger partial charge in [-0.25, -0.2) is 4.79 Å². The van der Waals surface area contributed by atoms with E-state index in [4.69, 9.17) is 9.47 Å². The van der Waals surface area contributed by atoms with Crippen LogP contribution in [0.3, 0.4) is 0 Å². The summed E-state index contributed by atoms with van der Waals surface area (Å²) in [6.07, 6.45) is 0.753. The number of hydrogen-bond acceptors (Lipinski definition) is 8. The molecule has 0 atom stereocenters. The Bertz CT molecular complexity index is 1890. The van der Waals surface area contributed by atoms with Gasteiger partial charge in [-0.05, 0) is 96.2 Å². The number of rotatable bonds is 6. The molecule has 4 aromatic rings. The number of methoxy groups -OCH3 is 1. The van der Waals surface area contributed by atoms with E-state index in [1.54, 1.807) is 37.4 Å². The Hall–Kier alpha value is -4.91. The largest absolute Gasteiger partial charge is 0.496 e. The predicted octanol–water partition coefficient (Wildman–Crippen LogP) is 3.67. The average Bonchev–Trinajstić information content (AvgIpc) is 3.34. The average molecular weight is 676 g/mol. The number of aromatic amines is 1. The third-order valence-corrected chi connectivity index (χ3v) is 8.97. The van der Waals surface area contributed by atoms with Gasteiger partial charge in [-0.1, -0.05) is 18.2 Å². The van der Waals surface area contributed by atoms with Crippen LogP contribution in [0.4, 0.5) is 5.69 Å². The lowest BCUT2D eigenvalue weighted by Crippen LogP contribution is -2.57. The lowest BCUT2D eigenvalue weighted by atomic mass is 9.85. The number of likely N-dealkylation sites (tertiary alicyclic amines) is 1. The Kier molecular flexibility index (Phi) is 7.96. The van der Waals surface area contributed by atoms with Crippen LogP contribution >= 0.6 is 15.9 Å². The van der Waals surface area contributed by atoms with Gasteiger partial charge in [0.1, 0.15) is 22.8 Å². The molecule has 232 valence electrons. The molecule has 0 radical (unpaired) electrons. The number of amides is 2. The highest BCUT2D eigenvalue weighted by Gasteiger charge is 2.51. The lowest BCUT2D eigenvalue weighted by molar-refractivity contribution is -0.124. The number of anilines is 1. The molecular weight excluding hydrogens is 644 g/mol. The van der Waals surface area contributed by atoms with Crippen molar-refractivity contribution in [3.8, 4) is 22.9 Å². The molecular formula is C32H31BrN6O6. The Morgan fingerprint density at radius 2 is 1.64 bits per heavy atom. The van der Waals surface area contributed by atoms with Crippen LogP contribution in [0, 0.1) is 13.8 Å². The van der Waals surface area contributed by atoms with E-state index in [9.17, 15) is 19.2 Å². The topological polar surface area (TPSA) is 139 Å². The summed E-state index contributed by atoms with van der Waals surface area (Å²) < 4.78 is 13.2. The van der Waals surface area contributed by atoms with Crippen molar-refractivity contribution in [1.29, 1.82) is 0 Å². The van der Waals surface area contributed by atoms with Crippen molar-refractivity contribution in [2.45, 2.75) is 32.2 Å². The maximum absolute atomic E-state index is 13.6. The van der Waals surface area contributed by atoms with Crippen LogP contribution in [0.2, 0.25) is 0 Å². The van der Waals surface area contributed by atoms with Gasteiger partial charge in [0, 0.05) is 18.8 Å². The molecule has 13 heteroatoms. The van der Waals surface area contributed by atoms with Gasteiger partial charge in [0.25, 0.3) is 11.5 Å². The fourth-order valence-electron chi connectivity index (χ4n) is 6.02. The SMILES string of the molecule is COc1ccc(Oc2c(C)cc(-n3nc(C(=O)N4CCC5(CC4)C(=O)NCN5c4ccccc4)c(=O)[nH]c3=O)cc2C)cc1Br. The van der Waals surface area contributed by atoms with Crippen LogP contribution in [-0.4, -0.2) is 63.9 Å². The highest BCUT2D eigenvalue weighted by atomic mass is 79.9. The van der Waals surface area contributed by atoms with Gasteiger partial charge < -0.3 is 24.6 Å². The number of nitrogens with zero attached hydrogens (tertiary/aromatic N) is 4. The quantitative estimate of drug-likeness (QED) is 0.316. The molecule has 1 spiro atoms. The molecule has 6 rings (SSSR count). The van der Waals surface area contributed by atoms with Crippen molar-refractivity contribution >= 4 is 33.4 Å². The molecule has 2 N–H and O–H groups in total. The van der Waals surface area contributed by atoms with Crippen LogP contribution in [0.5, 0.6) is 17.2 Å². The predicted molar refractivity (Wildman–Crippen MR) is 170 cm³/mol. The molecule has 3 aromatic carbocycles. The molecule has 0 bridgehead atoms. The molecule has 45 heavy (non-hydrogen) atoms. The van der Waals surface area contributed by atoms with E-state index in [1.807, 2.05) is 49.1 Å². The first-order valence-electron chi connectivity index (χ1n) is 14.4. The maximum Gasteiger partial charge on any atom is 0.349 e. The third-order valence-electron chi connectivity index (χ3n) is 8.35. The molecule has 2 amide bonds. The number of nitrogens with one attached hydrogen (secondary N) is 2. The van der Waals surface area contributed by atoms with Crippen LogP contribution in [0.1, 0.15) is 34.5 Å². The number of carbonyl (C=O) groups is 2. The first-order valence-corrected chi connectivity index (χ1v) is 15.2. The van der Waals surface area contributed by atoms with E-state index in [-0.39, 0.29) is 19.0 Å². The summed E-state index contributed by atoms with van der Waals surface area (Å²) in [4.78, 5) is 58.1. The first kappa shape index (κ1) is 30.1. The molecule has 2 saturated heterocycles. The van der Waals surface area contributed by atoms with Crippen molar-refractivity contribution in [3.63, 3.8) is 0 Å². The zero-order chi connectivity index (χ0) is 31.9. The van der Waals surface area contributed by atoms with Crippen LogP contribution in [-0.2, 0) is 4.79 Å². The van der Waals surface area contributed by atoms with E-state index in [1.165, 1.54) is 4.90 Å². The van der Waals surface area contributed by atoms with E-state index in [2.05, 4.69) is 31.3 Å². The number of para-hydroxylation sites is 1. The molecule has 2 aliphatic heterocycles. The fourth-order valence-corrected chi connectivity index (χ4v) is 6.54. The van der Waals surface area contributed by atoms with E-state index in [0.29, 0.717) is 53.6 Å². The van der Waals surface area contributed by atoms with Gasteiger partial charge in [0.15, 0.2) is 0 Å². The number of benzene rings is 3. The summed E-state index contributed by atoms with van der Waals surface area (Å²) in [7, 11) is 1.58. The second-order valence-corrected chi connectivity index (χ2v) is 11.9. The zero-order valence-electron chi connectivity index (χ0n) is 24.9. The number of hydrogen-bond donors (Lipinski definition) is 2. The number of piperidine rings is 1. The molecule has 1 aromatic heterocycles. The van der Waals surface area contributed by atoms with Gasteiger partial charge in [-0.3, -0.25) is 19.4 Å². The fraction of sp³-hybridized carbons (Fsp3) is 0.281. The van der Waals surface area contributed by atoms with Crippen LogP contribution in [0.25, 0.3) is 5.69 Å². The smallest absolute Gasteiger partial charge is 0.349 e. The summed E-state index contributed by atoms with van der Waals surface area (Å²) in [5, 5.41) is 7.17. The van der Waals surface area contributed by atoms with E-state index < -0.39 is 28.4 Å². The standard InChI is InChI=1S/C32H31BrN6O6/c1-19-15-22(16-20(2)27(19)45-23-9-10-25(44-3)24(33)17-23)39-31(43)35-28(40)26(36-39)29(41)37-13-11-32(12-14-37)30(42)34-18-38(32)21-7-5-4-6-8-21/h4-10,15-17H,11-14,18H2,1-3H3,(H,34,42)(H,35,40,43). The summed E-state index contributed by atoms with van der Waals surface area (Å²) in [5.74, 6) is 1.15. The maximum atomic E-state index is 13.6. The number of aryl methyl sites for hydroxylation is 2. The zero-order valence-corrected chi connectivity index (χ0v) is 26.5. The van der Waals surface area contributed by atoms with Crippen molar-refractivity contribution < 1.29 is 19.1 Å². The first-order chi connectivity index (χ1) is 21.6. The van der Waals surface area contributed by atoms with Crippen molar-refractivity contribution in [2.24, 2.45) is 0 Å². The Morgan fingerprint density at radius 1 is 0.956 bits per heavy atom. The summed E-state index contributed by atoms with van der Waals surface area (Å²) in [6, 6.07) is 18.4. The van der Waals surface area contributed by atoms with Gasteiger partial charge in [-0.2, -0.15) is 9.78 Å². The monoisotopic (exact) mass is 674 g/mol. The van der Waals surface area contributed by atoms with Crippen molar-refractivity contribution in [3.05, 3.63) is 103 Å². The van der Waals surface area contributed by atoms with Crippen LogP contribution < -0.4 is 30.9 Å². The summed E-state index contributed by atoms with van der Waals surface area (Å²) >= 11 is 3.46. The number of halogens is 1. The molecule has 3 heterocycles. The molecule has 12 nitrogen and oxygen atoms in total. The second kappa shape index (κ2) is 11.9. The number of ether oxygens (including phenoxy) is 2.